The normalized spacial score (nSPS) is 11.8. The minimum absolute atomic E-state index is 0. The van der Waals surface area contributed by atoms with Crippen LogP contribution in [0.5, 0.6) is 23.0 Å². The minimum atomic E-state index is 0. The molecular weight excluding hydrogens is 731 g/mol. The summed E-state index contributed by atoms with van der Waals surface area (Å²) in [6.07, 6.45) is 3.82. The Bertz CT molecular complexity index is 2030. The van der Waals surface area contributed by atoms with Crippen molar-refractivity contribution >= 4 is 23.1 Å². The number of pyridine rings is 2. The first-order chi connectivity index (χ1) is 21.4. The van der Waals surface area contributed by atoms with Gasteiger partial charge in [-0.25, -0.2) is 0 Å². The number of rotatable bonds is 2. The van der Waals surface area contributed by atoms with Gasteiger partial charge >= 0.3 is 0 Å². The van der Waals surface area contributed by atoms with Crippen molar-refractivity contribution in [2.75, 3.05) is 0 Å². The van der Waals surface area contributed by atoms with Crippen LogP contribution in [0.2, 0.25) is 0 Å². The van der Waals surface area contributed by atoms with E-state index in [0.29, 0.717) is 0 Å². The molecule has 6 heteroatoms. The Kier molecular flexibility index (Phi) is 8.46. The third-order valence-electron chi connectivity index (χ3n) is 8.51. The summed E-state index contributed by atoms with van der Waals surface area (Å²) < 4.78 is 12.7. The van der Waals surface area contributed by atoms with Crippen LogP contribution in [-0.4, -0.2) is 16.7 Å². The summed E-state index contributed by atoms with van der Waals surface area (Å²) in [7, 11) is 0. The topological polar surface area (TPSA) is 44.2 Å². The van der Waals surface area contributed by atoms with E-state index in [1.165, 1.54) is 27.8 Å². The number of para-hydroxylation sites is 2. The van der Waals surface area contributed by atoms with Crippen molar-refractivity contribution < 1.29 is 29.6 Å². The summed E-state index contributed by atoms with van der Waals surface area (Å²) in [6, 6.07) is 35.4. The predicted octanol–water partition coefficient (Wildman–Crippen LogP) is 7.36. The van der Waals surface area contributed by atoms with Gasteiger partial charge in [0.2, 0.25) is 6.71 Å². The molecule has 0 saturated carbocycles. The Labute approximate surface area is 279 Å². The van der Waals surface area contributed by atoms with Crippen molar-refractivity contribution in [1.82, 2.24) is 9.97 Å². The number of hydrogen-bond donors (Lipinski definition) is 0. The third kappa shape index (κ3) is 5.72. The Hall–Kier alpha value is -4.51. The molecule has 0 saturated heterocycles. The van der Waals surface area contributed by atoms with E-state index in [4.69, 9.17) is 9.47 Å². The van der Waals surface area contributed by atoms with Crippen LogP contribution >= 0.6 is 0 Å². The number of nitrogens with zero attached hydrogens (tertiary/aromatic N) is 2. The fraction of sp³-hybridized carbons (Fsp3) is 0.128. The predicted molar refractivity (Wildman–Crippen MR) is 178 cm³/mol. The number of ether oxygens (including phenoxy) is 2. The Morgan fingerprint density at radius 1 is 0.600 bits per heavy atom. The van der Waals surface area contributed by atoms with E-state index >= 15 is 0 Å². The molecule has 0 N–H and O–H groups in total. The summed E-state index contributed by atoms with van der Waals surface area (Å²) in [6.45, 7) is 10.5. The summed E-state index contributed by atoms with van der Waals surface area (Å²) in [5.74, 6) is 3.35. The molecule has 2 aromatic heterocycles. The fourth-order valence-electron chi connectivity index (χ4n) is 5.71. The van der Waals surface area contributed by atoms with Gasteiger partial charge in [0.05, 0.1) is 0 Å². The zero-order valence-electron chi connectivity index (χ0n) is 25.9. The van der Waals surface area contributed by atoms with Gasteiger partial charge in [-0.3, -0.25) is 0 Å². The molecule has 0 bridgehead atoms. The first-order valence-electron chi connectivity index (χ1n) is 14.8. The first-order valence-corrected chi connectivity index (χ1v) is 14.8. The molecule has 4 nitrogen and oxygen atoms in total. The minimum Gasteiger partial charge on any atom is -0.503 e. The van der Waals surface area contributed by atoms with Crippen molar-refractivity contribution in [3.8, 4) is 45.5 Å². The maximum Gasteiger partial charge on any atom is 0.239 e. The average Bonchev–Trinajstić information content (AvgIpc) is 3.04. The van der Waals surface area contributed by atoms with Crippen LogP contribution < -0.4 is 25.9 Å². The van der Waals surface area contributed by atoms with E-state index in [-0.39, 0.29) is 26.8 Å². The molecule has 0 unspecified atom stereocenters. The van der Waals surface area contributed by atoms with Crippen LogP contribution in [0.1, 0.15) is 27.8 Å². The summed E-state index contributed by atoms with van der Waals surface area (Å²) in [5, 5.41) is 0. The maximum atomic E-state index is 6.44. The van der Waals surface area contributed by atoms with E-state index < -0.39 is 0 Å². The van der Waals surface area contributed by atoms with Crippen molar-refractivity contribution in [3.05, 3.63) is 137 Å². The SMILES string of the molecule is Cc1c[c-]c(-c2cc(C)c(C)cn2)cc1.Cc1cnc(-c2[c-]cc3c4c2Oc2ccccc2B4c2ccccc2O3)cc1C.[Ir]. The molecule has 2 aliphatic rings. The number of aryl methyl sites for hydroxylation is 5. The van der Waals surface area contributed by atoms with Crippen molar-refractivity contribution in [2.24, 2.45) is 0 Å². The van der Waals surface area contributed by atoms with Crippen LogP contribution in [0, 0.1) is 46.8 Å². The maximum absolute atomic E-state index is 6.44. The van der Waals surface area contributed by atoms with Crippen LogP contribution in [0.25, 0.3) is 22.5 Å². The standard InChI is InChI=1S/C25H17BNO2.C14H14N.Ir/c1-15-13-20(27-14-16(15)2)17-11-12-23-24-25(17)29-22-10-6-4-8-19(22)26(24)18-7-3-5-9-21(18)28-23;1-10-4-6-13(7-5-10)14-8-11(2)12(3)9-15-14;/h3-10,12-14H,1-2H3;4-6,8-9H,1-3H3;/q2*-1;. The van der Waals surface area contributed by atoms with Crippen LogP contribution in [0.15, 0.2) is 97.3 Å². The van der Waals surface area contributed by atoms with Crippen LogP contribution in [-0.2, 0) is 20.1 Å². The monoisotopic (exact) mass is 763 g/mol. The van der Waals surface area contributed by atoms with E-state index in [9.17, 15) is 0 Å². The Balaban J connectivity index is 0.000000190. The number of aromatic nitrogens is 2. The molecule has 0 fully saturated rings. The molecule has 0 aliphatic carbocycles. The molecule has 6 aromatic rings. The fourth-order valence-corrected chi connectivity index (χ4v) is 5.71. The quantitative estimate of drug-likeness (QED) is 0.137. The van der Waals surface area contributed by atoms with Crippen LogP contribution in [0.3, 0.4) is 0 Å². The smallest absolute Gasteiger partial charge is 0.239 e. The molecule has 2 aliphatic heterocycles. The van der Waals surface area contributed by atoms with Crippen molar-refractivity contribution in [1.29, 1.82) is 0 Å². The summed E-state index contributed by atoms with van der Waals surface area (Å²) in [5.41, 5.74) is 13.2. The molecule has 45 heavy (non-hydrogen) atoms. The van der Waals surface area contributed by atoms with Gasteiger partial charge in [-0.15, -0.1) is 47.5 Å². The molecule has 4 aromatic carbocycles. The molecule has 1 radical (unpaired) electrons. The van der Waals surface area contributed by atoms with Gasteiger partial charge in [0.15, 0.2) is 0 Å². The van der Waals surface area contributed by atoms with E-state index in [0.717, 1.165) is 61.9 Å². The van der Waals surface area contributed by atoms with Gasteiger partial charge in [0.1, 0.15) is 11.5 Å². The second-order valence-electron chi connectivity index (χ2n) is 11.6. The van der Waals surface area contributed by atoms with Gasteiger partial charge in [-0.05, 0) is 73.3 Å². The third-order valence-corrected chi connectivity index (χ3v) is 8.51. The number of fused-ring (bicyclic) bond motifs is 4. The van der Waals surface area contributed by atoms with Gasteiger partial charge in [0.25, 0.3) is 0 Å². The molecular formula is C39H31BIrN2O2-2. The second kappa shape index (κ2) is 12.5. The van der Waals surface area contributed by atoms with E-state index in [1.54, 1.807) is 0 Å². The van der Waals surface area contributed by atoms with Gasteiger partial charge < -0.3 is 19.4 Å². The largest absolute Gasteiger partial charge is 0.503 e. The van der Waals surface area contributed by atoms with Crippen molar-refractivity contribution in [3.63, 3.8) is 0 Å². The average molecular weight is 763 g/mol. The molecule has 4 heterocycles. The zero-order valence-corrected chi connectivity index (χ0v) is 28.3. The van der Waals surface area contributed by atoms with E-state index in [2.05, 4.69) is 105 Å². The van der Waals surface area contributed by atoms with E-state index in [1.807, 2.05) is 48.8 Å². The van der Waals surface area contributed by atoms with Crippen molar-refractivity contribution in [2.45, 2.75) is 34.6 Å². The Morgan fingerprint density at radius 3 is 1.82 bits per heavy atom. The molecule has 0 spiro atoms. The molecule has 0 amide bonds. The molecule has 0 atom stereocenters. The summed E-state index contributed by atoms with van der Waals surface area (Å²) in [4.78, 5) is 9.07. The first kappa shape index (κ1) is 30.5. The number of hydrogen-bond acceptors (Lipinski definition) is 4. The Morgan fingerprint density at radius 2 is 1.20 bits per heavy atom. The van der Waals surface area contributed by atoms with Gasteiger partial charge in [-0.2, -0.15) is 0 Å². The number of benzene rings is 4. The molecule has 8 rings (SSSR count). The zero-order chi connectivity index (χ0) is 30.4. The van der Waals surface area contributed by atoms with Gasteiger partial charge in [-0.1, -0.05) is 77.6 Å². The van der Waals surface area contributed by atoms with Crippen LogP contribution in [0.4, 0.5) is 0 Å². The second-order valence-corrected chi connectivity index (χ2v) is 11.6. The van der Waals surface area contributed by atoms with Gasteiger partial charge in [0, 0.05) is 44.0 Å². The summed E-state index contributed by atoms with van der Waals surface area (Å²) >= 11 is 0. The molecule has 223 valence electrons.